The molecule has 0 aliphatic carbocycles. The largest absolute Gasteiger partial charge is 0.480 e. The zero-order chi connectivity index (χ0) is 9.72. The molecule has 0 spiro atoms. The summed E-state index contributed by atoms with van der Waals surface area (Å²) in [6, 6.07) is -0.993. The van der Waals surface area contributed by atoms with E-state index < -0.39 is 23.8 Å². The van der Waals surface area contributed by atoms with Gasteiger partial charge in [-0.3, -0.25) is 4.79 Å². The molecule has 66 valence electrons. The fourth-order valence-electron chi connectivity index (χ4n) is 0.716. The summed E-state index contributed by atoms with van der Waals surface area (Å²) in [6.45, 7) is 2.81. The summed E-state index contributed by atoms with van der Waals surface area (Å²) < 4.78 is 0. The van der Waals surface area contributed by atoms with Crippen LogP contribution < -0.4 is 5.32 Å². The van der Waals surface area contributed by atoms with E-state index in [1.165, 1.54) is 6.92 Å². The summed E-state index contributed by atoms with van der Waals surface area (Å²) in [7, 11) is 0. The van der Waals surface area contributed by atoms with Gasteiger partial charge in [0.05, 0.1) is 0 Å². The van der Waals surface area contributed by atoms with Gasteiger partial charge >= 0.3 is 5.97 Å². The molecule has 4 nitrogen and oxygen atoms in total. The van der Waals surface area contributed by atoms with Crippen molar-refractivity contribution in [2.45, 2.75) is 19.9 Å². The Morgan fingerprint density at radius 2 is 2.08 bits per heavy atom. The van der Waals surface area contributed by atoms with Crippen LogP contribution in [0.2, 0.25) is 0 Å². The lowest BCUT2D eigenvalue weighted by Gasteiger charge is -2.15. The highest BCUT2D eigenvalue weighted by Gasteiger charge is 2.23. The van der Waals surface area contributed by atoms with Gasteiger partial charge in [0.25, 0.3) is 0 Å². The van der Waals surface area contributed by atoms with Gasteiger partial charge in [-0.2, -0.15) is 0 Å². The average molecular weight is 169 g/mol. The highest BCUT2D eigenvalue weighted by atomic mass is 16.4. The minimum absolute atomic E-state index is 0.399. The Balaban J connectivity index is 4.36. The van der Waals surface area contributed by atoms with E-state index in [-0.39, 0.29) is 0 Å². The molecular formula is C8H11NO3. The first-order chi connectivity index (χ1) is 5.49. The van der Waals surface area contributed by atoms with Crippen molar-refractivity contribution in [2.75, 3.05) is 0 Å². The Kier molecular flexibility index (Phi) is 3.84. The molecule has 0 aromatic heterocycles. The Morgan fingerprint density at radius 1 is 1.58 bits per heavy atom. The van der Waals surface area contributed by atoms with Gasteiger partial charge in [0.15, 0.2) is 0 Å². The van der Waals surface area contributed by atoms with E-state index >= 15 is 0 Å². The Morgan fingerprint density at radius 3 is 2.33 bits per heavy atom. The van der Waals surface area contributed by atoms with Crippen LogP contribution >= 0.6 is 0 Å². The van der Waals surface area contributed by atoms with Crippen LogP contribution in [0.3, 0.4) is 0 Å². The van der Waals surface area contributed by atoms with Gasteiger partial charge in [-0.05, 0) is 6.92 Å². The van der Waals surface area contributed by atoms with Crippen LogP contribution in [-0.4, -0.2) is 23.0 Å². The molecule has 0 bridgehead atoms. The van der Waals surface area contributed by atoms with E-state index in [2.05, 4.69) is 11.2 Å². The standard InChI is InChI=1S/C8H11NO3/c1-4-5(2)7(8(11)12)9-6(3)10/h1,5,7H,2-3H3,(H,9,10)(H,11,12)/t5-,7+/m1/s1. The zero-order valence-electron chi connectivity index (χ0n) is 7.00. The molecular weight excluding hydrogens is 158 g/mol. The van der Waals surface area contributed by atoms with Gasteiger partial charge in [0.2, 0.25) is 5.91 Å². The second kappa shape index (κ2) is 4.39. The molecule has 2 N–H and O–H groups in total. The number of aliphatic carboxylic acids is 1. The highest BCUT2D eigenvalue weighted by molar-refractivity contribution is 5.82. The van der Waals surface area contributed by atoms with Gasteiger partial charge in [0.1, 0.15) is 6.04 Å². The molecule has 0 aliphatic rings. The number of carboxylic acids is 1. The summed E-state index contributed by atoms with van der Waals surface area (Å²) in [5, 5.41) is 10.9. The number of nitrogens with one attached hydrogen (secondary N) is 1. The van der Waals surface area contributed by atoms with Crippen molar-refractivity contribution in [3.8, 4) is 12.3 Å². The van der Waals surface area contributed by atoms with E-state index in [0.29, 0.717) is 0 Å². The molecule has 0 aromatic rings. The van der Waals surface area contributed by atoms with E-state index in [1.54, 1.807) is 6.92 Å². The van der Waals surface area contributed by atoms with Crippen molar-refractivity contribution in [1.29, 1.82) is 0 Å². The van der Waals surface area contributed by atoms with E-state index in [9.17, 15) is 9.59 Å². The van der Waals surface area contributed by atoms with Gasteiger partial charge < -0.3 is 10.4 Å². The Hall–Kier alpha value is -1.50. The number of carbonyl (C=O) groups is 2. The molecule has 12 heavy (non-hydrogen) atoms. The molecule has 0 saturated carbocycles. The lowest BCUT2D eigenvalue weighted by Crippen LogP contribution is -2.43. The fraction of sp³-hybridized carbons (Fsp3) is 0.500. The van der Waals surface area contributed by atoms with Crippen molar-refractivity contribution in [3.63, 3.8) is 0 Å². The van der Waals surface area contributed by atoms with Crippen molar-refractivity contribution >= 4 is 11.9 Å². The highest BCUT2D eigenvalue weighted by Crippen LogP contribution is 2.00. The van der Waals surface area contributed by atoms with Gasteiger partial charge in [-0.25, -0.2) is 4.79 Å². The fourth-order valence-corrected chi connectivity index (χ4v) is 0.716. The van der Waals surface area contributed by atoms with Crippen LogP contribution in [0.25, 0.3) is 0 Å². The molecule has 0 saturated heterocycles. The number of carboxylic acid groups (broad SMARTS) is 1. The summed E-state index contributed by atoms with van der Waals surface area (Å²) in [6.07, 6.45) is 5.02. The maximum Gasteiger partial charge on any atom is 0.327 e. The molecule has 0 fully saturated rings. The summed E-state index contributed by atoms with van der Waals surface area (Å²) in [4.78, 5) is 21.1. The van der Waals surface area contributed by atoms with Crippen molar-refractivity contribution in [1.82, 2.24) is 5.32 Å². The number of amides is 1. The molecule has 0 rings (SSSR count). The van der Waals surface area contributed by atoms with E-state index in [1.807, 2.05) is 0 Å². The maximum absolute atomic E-state index is 10.5. The van der Waals surface area contributed by atoms with Crippen LogP contribution in [0.15, 0.2) is 0 Å². The third-order valence-corrected chi connectivity index (χ3v) is 1.39. The maximum atomic E-state index is 10.5. The molecule has 0 unspecified atom stereocenters. The molecule has 0 radical (unpaired) electrons. The number of carbonyl (C=O) groups excluding carboxylic acids is 1. The van der Waals surface area contributed by atoms with Crippen LogP contribution in [0.4, 0.5) is 0 Å². The predicted octanol–water partition coefficient (Wildman–Crippen LogP) is -0.155. The van der Waals surface area contributed by atoms with Crippen molar-refractivity contribution in [3.05, 3.63) is 0 Å². The van der Waals surface area contributed by atoms with Gasteiger partial charge in [0, 0.05) is 12.8 Å². The summed E-state index contributed by atoms with van der Waals surface area (Å²) >= 11 is 0. The SMILES string of the molecule is C#C[C@@H](C)[C@H](NC(C)=O)C(=O)O. The predicted molar refractivity (Wildman–Crippen MR) is 43.2 cm³/mol. The smallest absolute Gasteiger partial charge is 0.327 e. The number of terminal acetylenes is 1. The number of rotatable bonds is 3. The molecule has 1 amide bonds. The van der Waals surface area contributed by atoms with Crippen LogP contribution in [0.5, 0.6) is 0 Å². The second-order valence-electron chi connectivity index (χ2n) is 2.47. The molecule has 0 aromatic carbocycles. The van der Waals surface area contributed by atoms with E-state index in [4.69, 9.17) is 11.5 Å². The first kappa shape index (κ1) is 10.5. The van der Waals surface area contributed by atoms with Crippen LogP contribution in [-0.2, 0) is 9.59 Å². The number of hydrogen-bond acceptors (Lipinski definition) is 2. The molecule has 4 heteroatoms. The number of hydrogen-bond donors (Lipinski definition) is 2. The summed E-state index contributed by atoms with van der Waals surface area (Å²) in [5.41, 5.74) is 0. The Bertz CT molecular complexity index is 229. The average Bonchev–Trinajstić information content (AvgIpc) is 1.98. The quantitative estimate of drug-likeness (QED) is 0.577. The monoisotopic (exact) mass is 169 g/mol. The third kappa shape index (κ3) is 3.06. The normalized spacial score (nSPS) is 14.1. The minimum Gasteiger partial charge on any atom is -0.480 e. The topological polar surface area (TPSA) is 66.4 Å². The van der Waals surface area contributed by atoms with Crippen molar-refractivity contribution in [2.24, 2.45) is 5.92 Å². The molecule has 0 aliphatic heterocycles. The first-order valence-corrected chi connectivity index (χ1v) is 3.45. The molecule has 0 heterocycles. The second-order valence-corrected chi connectivity index (χ2v) is 2.47. The van der Waals surface area contributed by atoms with Gasteiger partial charge in [-0.15, -0.1) is 12.3 Å². The lowest BCUT2D eigenvalue weighted by atomic mass is 10.0. The lowest BCUT2D eigenvalue weighted by molar-refractivity contribution is -0.142. The minimum atomic E-state index is -1.12. The first-order valence-electron chi connectivity index (χ1n) is 3.45. The van der Waals surface area contributed by atoms with Crippen molar-refractivity contribution < 1.29 is 14.7 Å². The van der Waals surface area contributed by atoms with E-state index in [0.717, 1.165) is 0 Å². The molecule has 2 atom stereocenters. The Labute approximate surface area is 71.0 Å². The van der Waals surface area contributed by atoms with Gasteiger partial charge in [-0.1, -0.05) is 0 Å². The van der Waals surface area contributed by atoms with Crippen LogP contribution in [0.1, 0.15) is 13.8 Å². The zero-order valence-corrected chi connectivity index (χ0v) is 7.00. The summed E-state index contributed by atoms with van der Waals surface area (Å²) in [5.74, 6) is 0.234. The van der Waals surface area contributed by atoms with Crippen LogP contribution in [0, 0.1) is 18.3 Å². The third-order valence-electron chi connectivity index (χ3n) is 1.39.